The smallest absolute Gasteiger partial charge is 0.193 e. The van der Waals surface area contributed by atoms with Gasteiger partial charge in [0.05, 0.1) is 6.54 Å². The lowest BCUT2D eigenvalue weighted by Crippen LogP contribution is -2.42. The zero-order chi connectivity index (χ0) is 16.7. The second kappa shape index (κ2) is 8.53. The molecule has 2 rings (SSSR count). The van der Waals surface area contributed by atoms with Crippen molar-refractivity contribution in [2.24, 2.45) is 4.99 Å². The van der Waals surface area contributed by atoms with Gasteiger partial charge in [0, 0.05) is 20.6 Å². The molecule has 0 bridgehead atoms. The molecular weight excluding hydrogens is 313 g/mol. The van der Waals surface area contributed by atoms with Gasteiger partial charge in [0.2, 0.25) is 0 Å². The molecule has 0 aliphatic heterocycles. The van der Waals surface area contributed by atoms with E-state index in [9.17, 15) is 4.39 Å². The number of nitrogens with zero attached hydrogens (tertiary/aromatic N) is 2. The molecule has 0 aliphatic rings. The lowest BCUT2D eigenvalue weighted by atomic mass is 10.3. The molecule has 0 aliphatic carbocycles. The summed E-state index contributed by atoms with van der Waals surface area (Å²) in [5.74, 6) is 0.696. The normalized spacial score (nSPS) is 12.8. The molecule has 0 saturated heterocycles. The first-order chi connectivity index (χ1) is 11.1. The minimum atomic E-state index is -0.349. The highest BCUT2D eigenvalue weighted by Crippen LogP contribution is 2.16. The molecule has 4 nitrogen and oxygen atoms in total. The highest BCUT2D eigenvalue weighted by molar-refractivity contribution is 7.07. The lowest BCUT2D eigenvalue weighted by Gasteiger charge is -2.23. The number of thiophene rings is 1. The number of rotatable bonds is 6. The number of ether oxygens (including phenoxy) is 1. The van der Waals surface area contributed by atoms with Crippen LogP contribution in [0.1, 0.15) is 12.5 Å². The van der Waals surface area contributed by atoms with Gasteiger partial charge in [-0.15, -0.1) is 0 Å². The van der Waals surface area contributed by atoms with Crippen molar-refractivity contribution >= 4 is 17.3 Å². The van der Waals surface area contributed by atoms with Crippen molar-refractivity contribution in [3.63, 3.8) is 0 Å². The molecule has 124 valence electrons. The van der Waals surface area contributed by atoms with Crippen LogP contribution < -0.4 is 10.1 Å². The zero-order valence-corrected chi connectivity index (χ0v) is 14.4. The fourth-order valence-corrected chi connectivity index (χ4v) is 2.81. The van der Waals surface area contributed by atoms with Crippen molar-refractivity contribution < 1.29 is 9.13 Å². The first-order valence-corrected chi connectivity index (χ1v) is 8.38. The Kier molecular flexibility index (Phi) is 6.40. The third-order valence-electron chi connectivity index (χ3n) is 3.29. The quantitative estimate of drug-likeness (QED) is 0.650. The summed E-state index contributed by atoms with van der Waals surface area (Å²) in [6, 6.07) is 8.52. The van der Waals surface area contributed by atoms with E-state index in [4.69, 9.17) is 4.74 Å². The predicted molar refractivity (Wildman–Crippen MR) is 93.6 cm³/mol. The number of guanidine groups is 1. The molecule has 0 saturated carbocycles. The van der Waals surface area contributed by atoms with E-state index in [-0.39, 0.29) is 17.7 Å². The van der Waals surface area contributed by atoms with E-state index in [1.54, 1.807) is 36.6 Å². The van der Waals surface area contributed by atoms with Crippen molar-refractivity contribution in [3.05, 3.63) is 52.5 Å². The molecule has 1 atom stereocenters. The Morgan fingerprint density at radius 2 is 2.17 bits per heavy atom. The van der Waals surface area contributed by atoms with Gasteiger partial charge in [0.15, 0.2) is 17.5 Å². The Balaban J connectivity index is 1.84. The van der Waals surface area contributed by atoms with Crippen LogP contribution in [0.4, 0.5) is 4.39 Å². The Morgan fingerprint density at radius 3 is 2.83 bits per heavy atom. The van der Waals surface area contributed by atoms with Gasteiger partial charge in [0.1, 0.15) is 6.10 Å². The number of para-hydroxylation sites is 1. The van der Waals surface area contributed by atoms with Crippen LogP contribution in [0.2, 0.25) is 0 Å². The van der Waals surface area contributed by atoms with E-state index in [1.807, 2.05) is 18.9 Å². The lowest BCUT2D eigenvalue weighted by molar-refractivity contribution is 0.212. The number of nitrogens with one attached hydrogen (secondary N) is 1. The molecule has 2 aromatic rings. The van der Waals surface area contributed by atoms with E-state index in [0.717, 1.165) is 12.5 Å². The standard InChI is InChI=1S/C17H22FN3OS/c1-13(22-16-7-5-4-6-15(16)18)10-20-17(19-2)21(3)11-14-8-9-23-12-14/h4-9,12-13H,10-11H2,1-3H3,(H,19,20). The van der Waals surface area contributed by atoms with Gasteiger partial charge in [-0.25, -0.2) is 4.39 Å². The SMILES string of the molecule is CN=C(NCC(C)Oc1ccccc1F)N(C)Cc1ccsc1. The highest BCUT2D eigenvalue weighted by atomic mass is 32.1. The maximum atomic E-state index is 13.6. The summed E-state index contributed by atoms with van der Waals surface area (Å²) in [5, 5.41) is 7.43. The zero-order valence-electron chi connectivity index (χ0n) is 13.6. The third-order valence-corrected chi connectivity index (χ3v) is 4.02. The minimum absolute atomic E-state index is 0.182. The van der Waals surface area contributed by atoms with Crippen molar-refractivity contribution in [1.29, 1.82) is 0 Å². The number of hydrogen-bond acceptors (Lipinski definition) is 3. The van der Waals surface area contributed by atoms with Gasteiger partial charge in [-0.3, -0.25) is 4.99 Å². The van der Waals surface area contributed by atoms with Crippen molar-refractivity contribution in [2.45, 2.75) is 19.6 Å². The van der Waals surface area contributed by atoms with Gasteiger partial charge < -0.3 is 15.0 Å². The molecule has 1 N–H and O–H groups in total. The van der Waals surface area contributed by atoms with Gasteiger partial charge >= 0.3 is 0 Å². The molecule has 6 heteroatoms. The van der Waals surface area contributed by atoms with Crippen LogP contribution in [-0.4, -0.2) is 37.6 Å². The fourth-order valence-electron chi connectivity index (χ4n) is 2.15. The average Bonchev–Trinajstić information content (AvgIpc) is 3.03. The molecule has 1 heterocycles. The summed E-state index contributed by atoms with van der Waals surface area (Å²) in [6.07, 6.45) is -0.182. The Morgan fingerprint density at radius 1 is 1.39 bits per heavy atom. The molecule has 1 aromatic carbocycles. The summed E-state index contributed by atoms with van der Waals surface area (Å²) in [7, 11) is 3.73. The highest BCUT2D eigenvalue weighted by Gasteiger charge is 2.11. The van der Waals surface area contributed by atoms with E-state index >= 15 is 0 Å². The summed E-state index contributed by atoms with van der Waals surface area (Å²) >= 11 is 1.68. The molecule has 0 spiro atoms. The van der Waals surface area contributed by atoms with E-state index in [0.29, 0.717) is 6.54 Å². The monoisotopic (exact) mass is 335 g/mol. The van der Waals surface area contributed by atoms with Gasteiger partial charge in [-0.05, 0) is 41.4 Å². The van der Waals surface area contributed by atoms with Gasteiger partial charge in [0.25, 0.3) is 0 Å². The second-order valence-corrected chi connectivity index (χ2v) is 6.05. The van der Waals surface area contributed by atoms with Crippen molar-refractivity contribution in [1.82, 2.24) is 10.2 Å². The molecular formula is C17H22FN3OS. The molecule has 0 radical (unpaired) electrons. The van der Waals surface area contributed by atoms with Gasteiger partial charge in [-0.2, -0.15) is 11.3 Å². The number of hydrogen-bond donors (Lipinski definition) is 1. The maximum absolute atomic E-state index is 13.6. The summed E-state index contributed by atoms with van der Waals surface area (Å²) < 4.78 is 19.2. The average molecular weight is 335 g/mol. The van der Waals surface area contributed by atoms with Crippen LogP contribution in [-0.2, 0) is 6.54 Å². The van der Waals surface area contributed by atoms with Crippen LogP contribution in [0.15, 0.2) is 46.1 Å². The van der Waals surface area contributed by atoms with Crippen LogP contribution >= 0.6 is 11.3 Å². The van der Waals surface area contributed by atoms with Gasteiger partial charge in [-0.1, -0.05) is 12.1 Å². The fraction of sp³-hybridized carbons (Fsp3) is 0.353. The summed E-state index contributed by atoms with van der Waals surface area (Å²) in [4.78, 5) is 6.31. The largest absolute Gasteiger partial charge is 0.486 e. The number of halogens is 1. The summed E-state index contributed by atoms with van der Waals surface area (Å²) in [5.41, 5.74) is 1.25. The molecule has 1 aromatic heterocycles. The second-order valence-electron chi connectivity index (χ2n) is 5.27. The van der Waals surface area contributed by atoms with Crippen LogP contribution in [0.5, 0.6) is 5.75 Å². The van der Waals surface area contributed by atoms with E-state index in [1.165, 1.54) is 11.6 Å². The first kappa shape index (κ1) is 17.3. The molecule has 0 fully saturated rings. The van der Waals surface area contributed by atoms with E-state index < -0.39 is 0 Å². The Hall–Kier alpha value is -2.08. The van der Waals surface area contributed by atoms with E-state index in [2.05, 4.69) is 27.1 Å². The minimum Gasteiger partial charge on any atom is -0.486 e. The van der Waals surface area contributed by atoms with Crippen LogP contribution in [0.3, 0.4) is 0 Å². The maximum Gasteiger partial charge on any atom is 0.193 e. The molecule has 23 heavy (non-hydrogen) atoms. The molecule has 0 amide bonds. The third kappa shape index (κ3) is 5.25. The van der Waals surface area contributed by atoms with Crippen LogP contribution in [0, 0.1) is 5.82 Å². The summed E-state index contributed by atoms with van der Waals surface area (Å²) in [6.45, 7) is 3.21. The topological polar surface area (TPSA) is 36.9 Å². The Labute approximate surface area is 140 Å². The number of benzene rings is 1. The van der Waals surface area contributed by atoms with Crippen molar-refractivity contribution in [3.8, 4) is 5.75 Å². The van der Waals surface area contributed by atoms with Crippen LogP contribution in [0.25, 0.3) is 0 Å². The number of aliphatic imine (C=N–C) groups is 1. The Bertz CT molecular complexity index is 631. The van der Waals surface area contributed by atoms with Crippen molar-refractivity contribution in [2.75, 3.05) is 20.6 Å². The predicted octanol–water partition coefficient (Wildman–Crippen LogP) is 3.36. The first-order valence-electron chi connectivity index (χ1n) is 7.44. The molecule has 1 unspecified atom stereocenters.